The zero-order valence-corrected chi connectivity index (χ0v) is 11.3. The van der Waals surface area contributed by atoms with Crippen LogP contribution in [0, 0.1) is 5.92 Å². The molecule has 3 nitrogen and oxygen atoms in total. The monoisotopic (exact) mass is 247 g/mol. The van der Waals surface area contributed by atoms with Gasteiger partial charge < -0.3 is 0 Å². The second-order valence-corrected chi connectivity index (χ2v) is 5.40. The van der Waals surface area contributed by atoms with Gasteiger partial charge in [-0.1, -0.05) is 18.6 Å². The first-order valence-electron chi connectivity index (χ1n) is 6.73. The molecule has 0 aromatic carbocycles. The van der Waals surface area contributed by atoms with E-state index in [0.717, 1.165) is 19.3 Å². The van der Waals surface area contributed by atoms with Crippen LogP contribution in [0.4, 0.5) is 0 Å². The van der Waals surface area contributed by atoms with Crippen LogP contribution < -0.4 is 0 Å². The number of allylic oxidation sites excluding steroid dienone is 1. The Bertz CT molecular complexity index is 410. The summed E-state index contributed by atoms with van der Waals surface area (Å²) >= 11 is 0. The Morgan fingerprint density at radius 1 is 1.17 bits per heavy atom. The molecule has 1 aliphatic carbocycles. The summed E-state index contributed by atoms with van der Waals surface area (Å²) in [5, 5.41) is 0. The lowest BCUT2D eigenvalue weighted by atomic mass is 9.83. The van der Waals surface area contributed by atoms with Crippen LogP contribution in [0.5, 0.6) is 0 Å². The van der Waals surface area contributed by atoms with E-state index < -0.39 is 0 Å². The summed E-state index contributed by atoms with van der Waals surface area (Å²) < 4.78 is 0. The highest BCUT2D eigenvalue weighted by molar-refractivity contribution is 6.18. The summed E-state index contributed by atoms with van der Waals surface area (Å²) in [6.07, 6.45) is 5.60. The lowest BCUT2D eigenvalue weighted by Gasteiger charge is -2.26. The van der Waals surface area contributed by atoms with E-state index in [1.807, 2.05) is 0 Å². The Balaban J connectivity index is 1.94. The lowest BCUT2D eigenvalue weighted by molar-refractivity contribution is -0.137. The molecule has 0 aromatic rings. The van der Waals surface area contributed by atoms with Crippen molar-refractivity contribution in [2.75, 3.05) is 6.54 Å². The van der Waals surface area contributed by atoms with Gasteiger partial charge in [0.05, 0.1) is 0 Å². The van der Waals surface area contributed by atoms with Crippen LogP contribution in [0.2, 0.25) is 0 Å². The number of imide groups is 1. The quantitative estimate of drug-likeness (QED) is 0.568. The fourth-order valence-electron chi connectivity index (χ4n) is 2.81. The number of carbonyl (C=O) groups excluding carboxylic acids is 2. The summed E-state index contributed by atoms with van der Waals surface area (Å²) in [4.78, 5) is 25.2. The van der Waals surface area contributed by atoms with Crippen LogP contribution in [0.3, 0.4) is 0 Å². The molecule has 1 aliphatic heterocycles. The summed E-state index contributed by atoms with van der Waals surface area (Å²) in [6, 6.07) is 0. The van der Waals surface area contributed by atoms with Crippen molar-refractivity contribution in [3.05, 3.63) is 23.3 Å². The number of amides is 2. The second kappa shape index (κ2) is 5.09. The molecule has 2 rings (SSSR count). The van der Waals surface area contributed by atoms with Crippen LogP contribution in [0.25, 0.3) is 0 Å². The molecule has 1 atom stereocenters. The van der Waals surface area contributed by atoms with E-state index in [1.54, 1.807) is 13.8 Å². The topological polar surface area (TPSA) is 37.4 Å². The number of carbonyl (C=O) groups is 2. The normalized spacial score (nSPS) is 25.3. The number of nitrogens with zero attached hydrogens (tertiary/aromatic N) is 1. The molecular formula is C15H21NO2. The summed E-state index contributed by atoms with van der Waals surface area (Å²) in [5.74, 6) is 0.262. The predicted octanol–water partition coefficient (Wildman–Crippen LogP) is 2.83. The fraction of sp³-hybridized carbons (Fsp3) is 0.600. The first-order chi connectivity index (χ1) is 8.52. The van der Waals surface area contributed by atoms with Gasteiger partial charge in [0.1, 0.15) is 0 Å². The second-order valence-electron chi connectivity index (χ2n) is 5.40. The molecule has 1 saturated carbocycles. The van der Waals surface area contributed by atoms with E-state index in [4.69, 9.17) is 0 Å². The third kappa shape index (κ3) is 2.26. The van der Waals surface area contributed by atoms with Crippen molar-refractivity contribution in [3.8, 4) is 0 Å². The highest BCUT2D eigenvalue weighted by Crippen LogP contribution is 2.31. The SMILES string of the molecule is C=C1CCCCC1CCN1C(=O)C(C)=C(C)C1=O. The van der Waals surface area contributed by atoms with Crippen molar-refractivity contribution < 1.29 is 9.59 Å². The van der Waals surface area contributed by atoms with E-state index in [2.05, 4.69) is 6.58 Å². The van der Waals surface area contributed by atoms with Gasteiger partial charge in [0.15, 0.2) is 0 Å². The van der Waals surface area contributed by atoms with E-state index in [9.17, 15) is 9.59 Å². The van der Waals surface area contributed by atoms with Gasteiger partial charge in [0, 0.05) is 17.7 Å². The molecular weight excluding hydrogens is 226 g/mol. The van der Waals surface area contributed by atoms with Gasteiger partial charge in [-0.3, -0.25) is 14.5 Å². The number of rotatable bonds is 3. The molecule has 0 spiro atoms. The maximum atomic E-state index is 11.9. The van der Waals surface area contributed by atoms with Crippen LogP contribution >= 0.6 is 0 Å². The molecule has 1 heterocycles. The van der Waals surface area contributed by atoms with E-state index >= 15 is 0 Å². The van der Waals surface area contributed by atoms with E-state index in [0.29, 0.717) is 23.6 Å². The molecule has 18 heavy (non-hydrogen) atoms. The minimum atomic E-state index is -0.112. The van der Waals surface area contributed by atoms with E-state index in [1.165, 1.54) is 23.3 Å². The van der Waals surface area contributed by atoms with Crippen molar-refractivity contribution in [2.24, 2.45) is 5.92 Å². The zero-order chi connectivity index (χ0) is 13.3. The minimum absolute atomic E-state index is 0.112. The maximum Gasteiger partial charge on any atom is 0.256 e. The molecule has 0 saturated heterocycles. The molecule has 1 fully saturated rings. The van der Waals surface area contributed by atoms with Crippen molar-refractivity contribution in [1.29, 1.82) is 0 Å². The maximum absolute atomic E-state index is 11.9. The smallest absolute Gasteiger partial charge is 0.256 e. The van der Waals surface area contributed by atoms with Gasteiger partial charge in [-0.25, -0.2) is 0 Å². The molecule has 0 N–H and O–H groups in total. The molecule has 0 aromatic heterocycles. The predicted molar refractivity (Wildman–Crippen MR) is 70.8 cm³/mol. The van der Waals surface area contributed by atoms with Crippen LogP contribution in [-0.2, 0) is 9.59 Å². The molecule has 98 valence electrons. The highest BCUT2D eigenvalue weighted by Gasteiger charge is 2.33. The average molecular weight is 247 g/mol. The van der Waals surface area contributed by atoms with Crippen LogP contribution in [0.1, 0.15) is 46.0 Å². The first kappa shape index (κ1) is 13.1. The van der Waals surface area contributed by atoms with Gasteiger partial charge >= 0.3 is 0 Å². The standard InChI is InChI=1S/C15H21NO2/c1-10-6-4-5-7-13(10)8-9-16-14(17)11(2)12(3)15(16)18/h13H,1,4-9H2,2-3H3. The van der Waals surface area contributed by atoms with E-state index in [-0.39, 0.29) is 11.8 Å². The molecule has 0 radical (unpaired) electrons. The third-order valence-electron chi connectivity index (χ3n) is 4.27. The summed E-state index contributed by atoms with van der Waals surface area (Å²) in [5.41, 5.74) is 2.49. The van der Waals surface area contributed by atoms with Crippen LogP contribution in [0.15, 0.2) is 23.3 Å². The molecule has 2 aliphatic rings. The first-order valence-corrected chi connectivity index (χ1v) is 6.73. The zero-order valence-electron chi connectivity index (χ0n) is 11.3. The van der Waals surface area contributed by atoms with Gasteiger partial charge in [-0.2, -0.15) is 0 Å². The Labute approximate surface area is 109 Å². The van der Waals surface area contributed by atoms with Crippen molar-refractivity contribution in [3.63, 3.8) is 0 Å². The number of hydrogen-bond acceptors (Lipinski definition) is 2. The Morgan fingerprint density at radius 3 is 2.33 bits per heavy atom. The summed E-state index contributed by atoms with van der Waals surface area (Å²) in [6.45, 7) is 8.11. The fourth-order valence-corrected chi connectivity index (χ4v) is 2.81. The molecule has 3 heteroatoms. The lowest BCUT2D eigenvalue weighted by Crippen LogP contribution is -2.33. The Hall–Kier alpha value is -1.38. The Morgan fingerprint density at radius 2 is 1.78 bits per heavy atom. The third-order valence-corrected chi connectivity index (χ3v) is 4.27. The van der Waals surface area contributed by atoms with Crippen LogP contribution in [-0.4, -0.2) is 23.3 Å². The molecule has 2 amide bonds. The minimum Gasteiger partial charge on any atom is -0.275 e. The average Bonchev–Trinajstić information content (AvgIpc) is 2.54. The van der Waals surface area contributed by atoms with Crippen molar-refractivity contribution in [1.82, 2.24) is 4.90 Å². The molecule has 0 bridgehead atoms. The van der Waals surface area contributed by atoms with Gasteiger partial charge in [-0.05, 0) is 45.4 Å². The summed E-state index contributed by atoms with van der Waals surface area (Å²) in [7, 11) is 0. The van der Waals surface area contributed by atoms with Crippen molar-refractivity contribution >= 4 is 11.8 Å². The van der Waals surface area contributed by atoms with Gasteiger partial charge in [0.25, 0.3) is 11.8 Å². The van der Waals surface area contributed by atoms with Gasteiger partial charge in [0.2, 0.25) is 0 Å². The largest absolute Gasteiger partial charge is 0.275 e. The number of hydrogen-bond donors (Lipinski definition) is 0. The highest BCUT2D eigenvalue weighted by atomic mass is 16.2. The Kier molecular flexibility index (Phi) is 3.69. The van der Waals surface area contributed by atoms with Crippen molar-refractivity contribution in [2.45, 2.75) is 46.0 Å². The molecule has 1 unspecified atom stereocenters. The van der Waals surface area contributed by atoms with Gasteiger partial charge in [-0.15, -0.1) is 0 Å².